The molecule has 0 bridgehead atoms. The summed E-state index contributed by atoms with van der Waals surface area (Å²) in [5.74, 6) is -0.615. The fraction of sp³-hybridized carbons (Fsp3) is 0.750. The highest BCUT2D eigenvalue weighted by Crippen LogP contribution is 1.81. The molecule has 0 fully saturated rings. The molecule has 0 rings (SSSR count). The predicted octanol–water partition coefficient (Wildman–Crippen LogP) is -1.36. The van der Waals surface area contributed by atoms with E-state index >= 15 is 0 Å². The van der Waals surface area contributed by atoms with Crippen molar-refractivity contribution < 1.29 is 19.1 Å². The molecule has 3 N–H and O–H groups in total. The monoisotopic (exact) mass is 204 g/mol. The molecule has 1 amide bonds. The number of hydrogen-bond donors (Lipinski definition) is 2. The highest BCUT2D eigenvalue weighted by Gasteiger charge is 2.03. The summed E-state index contributed by atoms with van der Waals surface area (Å²) >= 11 is 0. The van der Waals surface area contributed by atoms with E-state index in [1.165, 1.54) is 7.11 Å². The minimum absolute atomic E-state index is 0.0294. The van der Waals surface area contributed by atoms with Crippen LogP contribution in [0.25, 0.3) is 0 Å². The summed E-state index contributed by atoms with van der Waals surface area (Å²) < 4.78 is 9.27. The Labute approximate surface area is 82.7 Å². The number of esters is 1. The summed E-state index contributed by atoms with van der Waals surface area (Å²) in [6.45, 7) is 0.968. The lowest BCUT2D eigenvalue weighted by Gasteiger charge is -2.04. The number of carbonyl (C=O) groups is 2. The molecule has 6 heteroatoms. The van der Waals surface area contributed by atoms with Gasteiger partial charge in [-0.3, -0.25) is 9.59 Å². The number of nitrogens with two attached hydrogens (primary N) is 1. The standard InChI is InChI=1S/C8H16N2O4/c1-13-8(12)2-4-10-7(11)6-14-5-3-9/h2-6,9H2,1H3,(H,10,11). The molecule has 0 heterocycles. The Morgan fingerprint density at radius 3 is 2.71 bits per heavy atom. The Morgan fingerprint density at radius 1 is 1.43 bits per heavy atom. The number of methoxy groups -OCH3 is 1. The first-order valence-corrected chi connectivity index (χ1v) is 4.32. The first kappa shape index (κ1) is 12.9. The van der Waals surface area contributed by atoms with Gasteiger partial charge >= 0.3 is 5.97 Å². The van der Waals surface area contributed by atoms with Gasteiger partial charge in [0, 0.05) is 13.1 Å². The molecule has 82 valence electrons. The maximum Gasteiger partial charge on any atom is 0.307 e. The van der Waals surface area contributed by atoms with Gasteiger partial charge in [0.15, 0.2) is 0 Å². The van der Waals surface area contributed by atoms with E-state index in [9.17, 15) is 9.59 Å². The molecule has 0 aliphatic rings. The van der Waals surface area contributed by atoms with Crippen LogP contribution in [0.5, 0.6) is 0 Å². The van der Waals surface area contributed by atoms with E-state index in [0.29, 0.717) is 13.2 Å². The molecule has 0 aliphatic carbocycles. The lowest BCUT2D eigenvalue weighted by atomic mass is 10.4. The van der Waals surface area contributed by atoms with E-state index in [4.69, 9.17) is 10.5 Å². The van der Waals surface area contributed by atoms with Crippen molar-refractivity contribution in [1.82, 2.24) is 5.32 Å². The van der Waals surface area contributed by atoms with Crippen LogP contribution in [-0.4, -0.2) is 45.3 Å². The van der Waals surface area contributed by atoms with Crippen LogP contribution >= 0.6 is 0 Å². The third-order valence-electron chi connectivity index (χ3n) is 1.37. The van der Waals surface area contributed by atoms with Crippen molar-refractivity contribution in [2.45, 2.75) is 6.42 Å². The zero-order chi connectivity index (χ0) is 10.8. The molecular weight excluding hydrogens is 188 g/mol. The molecule has 0 saturated heterocycles. The second-order valence-electron chi connectivity index (χ2n) is 2.52. The van der Waals surface area contributed by atoms with Crippen LogP contribution < -0.4 is 11.1 Å². The van der Waals surface area contributed by atoms with Crippen LogP contribution in [0.1, 0.15) is 6.42 Å². The number of rotatable bonds is 7. The van der Waals surface area contributed by atoms with Crippen molar-refractivity contribution in [3.05, 3.63) is 0 Å². The summed E-state index contributed by atoms with van der Waals surface area (Å²) in [6.07, 6.45) is 0.166. The van der Waals surface area contributed by atoms with Crippen molar-refractivity contribution in [1.29, 1.82) is 0 Å². The van der Waals surface area contributed by atoms with Gasteiger partial charge in [0.25, 0.3) is 0 Å². The highest BCUT2D eigenvalue weighted by molar-refractivity contribution is 5.78. The highest BCUT2D eigenvalue weighted by atomic mass is 16.5. The van der Waals surface area contributed by atoms with Crippen LogP contribution in [0.3, 0.4) is 0 Å². The number of ether oxygens (including phenoxy) is 2. The quantitative estimate of drug-likeness (QED) is 0.395. The van der Waals surface area contributed by atoms with E-state index in [1.54, 1.807) is 0 Å². The molecule has 0 radical (unpaired) electrons. The lowest BCUT2D eigenvalue weighted by Crippen LogP contribution is -2.30. The average Bonchev–Trinajstić information content (AvgIpc) is 2.18. The van der Waals surface area contributed by atoms with Gasteiger partial charge in [-0.1, -0.05) is 0 Å². The second kappa shape index (κ2) is 8.46. The molecule has 0 spiro atoms. The van der Waals surface area contributed by atoms with E-state index in [1.807, 2.05) is 0 Å². The lowest BCUT2D eigenvalue weighted by molar-refractivity contribution is -0.140. The molecule has 0 aromatic carbocycles. The topological polar surface area (TPSA) is 90.6 Å². The maximum absolute atomic E-state index is 11.0. The molecule has 14 heavy (non-hydrogen) atoms. The fourth-order valence-corrected chi connectivity index (χ4v) is 0.705. The van der Waals surface area contributed by atoms with Crippen molar-refractivity contribution in [2.24, 2.45) is 5.73 Å². The Hall–Kier alpha value is -1.14. The van der Waals surface area contributed by atoms with Gasteiger partial charge in [-0.2, -0.15) is 0 Å². The third-order valence-corrected chi connectivity index (χ3v) is 1.37. The van der Waals surface area contributed by atoms with Crippen LogP contribution in [0, 0.1) is 0 Å². The zero-order valence-corrected chi connectivity index (χ0v) is 8.25. The zero-order valence-electron chi connectivity index (χ0n) is 8.25. The minimum atomic E-state index is -0.354. The largest absolute Gasteiger partial charge is 0.469 e. The molecule has 0 saturated carbocycles. The summed E-state index contributed by atoms with van der Waals surface area (Å²) in [4.78, 5) is 21.6. The van der Waals surface area contributed by atoms with E-state index < -0.39 is 0 Å². The summed E-state index contributed by atoms with van der Waals surface area (Å²) in [5, 5.41) is 2.50. The van der Waals surface area contributed by atoms with Gasteiger partial charge in [0.2, 0.25) is 5.91 Å². The van der Waals surface area contributed by atoms with Gasteiger partial charge in [-0.05, 0) is 0 Å². The minimum Gasteiger partial charge on any atom is -0.469 e. The molecule has 0 aliphatic heterocycles. The summed E-state index contributed by atoms with van der Waals surface area (Å²) in [6, 6.07) is 0. The number of amides is 1. The number of carbonyl (C=O) groups excluding carboxylic acids is 2. The molecule has 6 nitrogen and oxygen atoms in total. The number of nitrogens with one attached hydrogen (secondary N) is 1. The SMILES string of the molecule is COC(=O)CCNC(=O)COCCN. The first-order chi connectivity index (χ1) is 6.70. The third kappa shape index (κ3) is 7.51. The van der Waals surface area contributed by atoms with Crippen molar-refractivity contribution in [2.75, 3.05) is 33.4 Å². The summed E-state index contributed by atoms with van der Waals surface area (Å²) in [7, 11) is 1.30. The van der Waals surface area contributed by atoms with E-state index in [0.717, 1.165) is 0 Å². The fourth-order valence-electron chi connectivity index (χ4n) is 0.705. The molecule has 0 atom stereocenters. The average molecular weight is 204 g/mol. The Bertz CT molecular complexity index is 184. The molecule has 0 aromatic rings. The van der Waals surface area contributed by atoms with Crippen LogP contribution in [0.4, 0.5) is 0 Å². The number of hydrogen-bond acceptors (Lipinski definition) is 5. The summed E-state index contributed by atoms with van der Waals surface area (Å²) in [5.41, 5.74) is 5.15. The van der Waals surface area contributed by atoms with Crippen molar-refractivity contribution in [3.63, 3.8) is 0 Å². The van der Waals surface area contributed by atoms with Crippen LogP contribution in [-0.2, 0) is 19.1 Å². The Morgan fingerprint density at radius 2 is 2.14 bits per heavy atom. The molecule has 0 aromatic heterocycles. The van der Waals surface area contributed by atoms with Gasteiger partial charge < -0.3 is 20.5 Å². The van der Waals surface area contributed by atoms with Gasteiger partial charge in [0.1, 0.15) is 6.61 Å². The van der Waals surface area contributed by atoms with Crippen molar-refractivity contribution >= 4 is 11.9 Å². The first-order valence-electron chi connectivity index (χ1n) is 4.32. The van der Waals surface area contributed by atoms with Crippen molar-refractivity contribution in [3.8, 4) is 0 Å². The molecule has 0 unspecified atom stereocenters. The van der Waals surface area contributed by atoms with E-state index in [-0.39, 0.29) is 31.4 Å². The van der Waals surface area contributed by atoms with Crippen LogP contribution in [0.15, 0.2) is 0 Å². The van der Waals surface area contributed by atoms with E-state index in [2.05, 4.69) is 10.1 Å². The Kier molecular flexibility index (Phi) is 7.77. The van der Waals surface area contributed by atoms with Crippen LogP contribution in [0.2, 0.25) is 0 Å². The van der Waals surface area contributed by atoms with Gasteiger partial charge in [0.05, 0.1) is 20.1 Å². The normalized spacial score (nSPS) is 9.57. The molecular formula is C8H16N2O4. The second-order valence-corrected chi connectivity index (χ2v) is 2.52. The van der Waals surface area contributed by atoms with Gasteiger partial charge in [-0.25, -0.2) is 0 Å². The predicted molar refractivity (Wildman–Crippen MR) is 49.5 cm³/mol. The maximum atomic E-state index is 11.0. The smallest absolute Gasteiger partial charge is 0.307 e. The Balaban J connectivity index is 3.31. The van der Waals surface area contributed by atoms with Gasteiger partial charge in [-0.15, -0.1) is 0 Å².